The topological polar surface area (TPSA) is 38.3 Å². The molecule has 1 heterocycles. The zero-order chi connectivity index (χ0) is 12.8. The van der Waals surface area contributed by atoms with Gasteiger partial charge in [-0.15, -0.1) is 0 Å². The second-order valence-electron chi connectivity index (χ2n) is 4.58. The highest BCUT2D eigenvalue weighted by Gasteiger charge is 2.15. The molecule has 1 atom stereocenters. The Bertz CT molecular complexity index is 385. The third-order valence-corrected chi connectivity index (χ3v) is 3.81. The summed E-state index contributed by atoms with van der Waals surface area (Å²) >= 11 is 2.25. The normalized spacial score (nSPS) is 19.5. The zero-order valence-electron chi connectivity index (χ0n) is 10.3. The Morgan fingerprint density at radius 2 is 2.11 bits per heavy atom. The SMILES string of the molecule is O=C(CCC1CCCCO1)Nc1ccc(I)cc1. The molecule has 0 bridgehead atoms. The van der Waals surface area contributed by atoms with Crippen molar-refractivity contribution in [3.63, 3.8) is 0 Å². The van der Waals surface area contributed by atoms with E-state index in [4.69, 9.17) is 4.74 Å². The number of ether oxygens (including phenoxy) is 1. The molecule has 1 aromatic rings. The van der Waals surface area contributed by atoms with Gasteiger partial charge in [-0.1, -0.05) is 0 Å². The minimum absolute atomic E-state index is 0.0744. The third kappa shape index (κ3) is 4.57. The van der Waals surface area contributed by atoms with Crippen LogP contribution >= 0.6 is 22.6 Å². The Morgan fingerprint density at radius 3 is 2.78 bits per heavy atom. The van der Waals surface area contributed by atoms with Crippen LogP contribution in [-0.2, 0) is 9.53 Å². The van der Waals surface area contributed by atoms with Crippen LogP contribution in [0, 0.1) is 3.57 Å². The van der Waals surface area contributed by atoms with Crippen molar-refractivity contribution in [3.8, 4) is 0 Å². The quantitative estimate of drug-likeness (QED) is 0.835. The standard InChI is InChI=1S/C14H18INO2/c15-11-4-6-12(7-5-11)16-14(17)9-8-13-3-1-2-10-18-13/h4-7,13H,1-3,8-10H2,(H,16,17). The van der Waals surface area contributed by atoms with Gasteiger partial charge in [-0.25, -0.2) is 0 Å². The van der Waals surface area contributed by atoms with Gasteiger partial charge in [0.05, 0.1) is 6.10 Å². The first-order valence-electron chi connectivity index (χ1n) is 6.41. The van der Waals surface area contributed by atoms with Crippen molar-refractivity contribution in [1.82, 2.24) is 0 Å². The van der Waals surface area contributed by atoms with E-state index < -0.39 is 0 Å². The molecule has 98 valence electrons. The van der Waals surface area contributed by atoms with E-state index in [-0.39, 0.29) is 12.0 Å². The van der Waals surface area contributed by atoms with Crippen LogP contribution in [-0.4, -0.2) is 18.6 Å². The van der Waals surface area contributed by atoms with E-state index in [9.17, 15) is 4.79 Å². The molecule has 0 saturated carbocycles. The molecular weight excluding hydrogens is 341 g/mol. The van der Waals surface area contributed by atoms with Gasteiger partial charge in [0.1, 0.15) is 0 Å². The average Bonchev–Trinajstić information content (AvgIpc) is 2.40. The van der Waals surface area contributed by atoms with E-state index in [1.54, 1.807) is 0 Å². The number of amides is 1. The van der Waals surface area contributed by atoms with Crippen molar-refractivity contribution in [1.29, 1.82) is 0 Å². The maximum atomic E-state index is 11.8. The molecule has 1 aliphatic rings. The molecule has 4 heteroatoms. The molecule has 2 rings (SSSR count). The summed E-state index contributed by atoms with van der Waals surface area (Å²) in [5.74, 6) is 0.0744. The molecule has 1 aromatic carbocycles. The molecule has 1 unspecified atom stereocenters. The lowest BCUT2D eigenvalue weighted by atomic mass is 10.0. The predicted octanol–water partition coefficient (Wildman–Crippen LogP) is 3.58. The molecule has 0 aliphatic carbocycles. The second-order valence-corrected chi connectivity index (χ2v) is 5.83. The number of halogens is 1. The van der Waals surface area contributed by atoms with Crippen LogP contribution in [0.25, 0.3) is 0 Å². The van der Waals surface area contributed by atoms with E-state index in [1.807, 2.05) is 24.3 Å². The summed E-state index contributed by atoms with van der Waals surface area (Å²) in [7, 11) is 0. The molecule has 0 spiro atoms. The smallest absolute Gasteiger partial charge is 0.224 e. The Morgan fingerprint density at radius 1 is 1.33 bits per heavy atom. The molecule has 1 amide bonds. The number of anilines is 1. The fourth-order valence-corrected chi connectivity index (χ4v) is 2.44. The maximum Gasteiger partial charge on any atom is 0.224 e. The van der Waals surface area contributed by atoms with Gasteiger partial charge in [0.25, 0.3) is 0 Å². The summed E-state index contributed by atoms with van der Waals surface area (Å²) in [5.41, 5.74) is 0.866. The largest absolute Gasteiger partial charge is 0.378 e. The highest BCUT2D eigenvalue weighted by atomic mass is 127. The summed E-state index contributed by atoms with van der Waals surface area (Å²) in [4.78, 5) is 11.8. The van der Waals surface area contributed by atoms with Crippen molar-refractivity contribution in [2.75, 3.05) is 11.9 Å². The number of carbonyl (C=O) groups is 1. The monoisotopic (exact) mass is 359 g/mol. The first kappa shape index (κ1) is 13.8. The molecular formula is C14H18INO2. The van der Waals surface area contributed by atoms with Gasteiger partial charge < -0.3 is 10.1 Å². The van der Waals surface area contributed by atoms with Crippen molar-refractivity contribution >= 4 is 34.2 Å². The first-order valence-corrected chi connectivity index (χ1v) is 7.49. The summed E-state index contributed by atoms with van der Waals surface area (Å²) in [6, 6.07) is 7.83. The lowest BCUT2D eigenvalue weighted by Crippen LogP contribution is -2.21. The van der Waals surface area contributed by atoms with Gasteiger partial charge in [0.2, 0.25) is 5.91 Å². The second kappa shape index (κ2) is 7.09. The molecule has 3 nitrogen and oxygen atoms in total. The van der Waals surface area contributed by atoms with Crippen LogP contribution in [0.15, 0.2) is 24.3 Å². The van der Waals surface area contributed by atoms with Gasteiger partial charge in [0.15, 0.2) is 0 Å². The summed E-state index contributed by atoms with van der Waals surface area (Å²) in [5, 5.41) is 2.91. The van der Waals surface area contributed by atoms with Gasteiger partial charge >= 0.3 is 0 Å². The van der Waals surface area contributed by atoms with Crippen molar-refractivity contribution < 1.29 is 9.53 Å². The summed E-state index contributed by atoms with van der Waals surface area (Å²) in [6.45, 7) is 0.851. The van der Waals surface area contributed by atoms with Crippen LogP contribution in [0.4, 0.5) is 5.69 Å². The highest BCUT2D eigenvalue weighted by Crippen LogP contribution is 2.17. The van der Waals surface area contributed by atoms with Crippen LogP contribution in [0.3, 0.4) is 0 Å². The number of rotatable bonds is 4. The number of hydrogen-bond donors (Lipinski definition) is 1. The molecule has 1 saturated heterocycles. The van der Waals surface area contributed by atoms with Gasteiger partial charge in [0, 0.05) is 22.3 Å². The van der Waals surface area contributed by atoms with Crippen molar-refractivity contribution in [2.24, 2.45) is 0 Å². The number of hydrogen-bond acceptors (Lipinski definition) is 2. The van der Waals surface area contributed by atoms with E-state index in [2.05, 4.69) is 27.9 Å². The third-order valence-electron chi connectivity index (χ3n) is 3.10. The van der Waals surface area contributed by atoms with Crippen LogP contribution in [0.1, 0.15) is 32.1 Å². The van der Waals surface area contributed by atoms with E-state index in [0.29, 0.717) is 6.42 Å². The van der Waals surface area contributed by atoms with Gasteiger partial charge in [-0.05, 0) is 72.5 Å². The average molecular weight is 359 g/mol. The lowest BCUT2D eigenvalue weighted by molar-refractivity contribution is -0.117. The fourth-order valence-electron chi connectivity index (χ4n) is 2.08. The first-order chi connectivity index (χ1) is 8.74. The van der Waals surface area contributed by atoms with E-state index >= 15 is 0 Å². The zero-order valence-corrected chi connectivity index (χ0v) is 12.5. The fraction of sp³-hybridized carbons (Fsp3) is 0.500. The van der Waals surface area contributed by atoms with Crippen LogP contribution in [0.2, 0.25) is 0 Å². The number of nitrogens with one attached hydrogen (secondary N) is 1. The summed E-state index contributed by atoms with van der Waals surface area (Å²) in [6.07, 6.45) is 5.12. The maximum absolute atomic E-state index is 11.8. The van der Waals surface area contributed by atoms with E-state index in [0.717, 1.165) is 31.6 Å². The molecule has 0 radical (unpaired) electrons. The number of benzene rings is 1. The summed E-state index contributed by atoms with van der Waals surface area (Å²) < 4.78 is 6.78. The highest BCUT2D eigenvalue weighted by molar-refractivity contribution is 14.1. The Balaban J connectivity index is 1.73. The molecule has 1 aliphatic heterocycles. The Hall–Kier alpha value is -0.620. The molecule has 1 fully saturated rings. The lowest BCUT2D eigenvalue weighted by Gasteiger charge is -2.22. The molecule has 18 heavy (non-hydrogen) atoms. The van der Waals surface area contributed by atoms with Crippen molar-refractivity contribution in [3.05, 3.63) is 27.8 Å². The van der Waals surface area contributed by atoms with E-state index in [1.165, 1.54) is 9.99 Å². The predicted molar refractivity (Wildman–Crippen MR) is 80.6 cm³/mol. The Kier molecular flexibility index (Phi) is 5.44. The molecule has 0 aromatic heterocycles. The van der Waals surface area contributed by atoms with Crippen LogP contribution < -0.4 is 5.32 Å². The van der Waals surface area contributed by atoms with Crippen molar-refractivity contribution in [2.45, 2.75) is 38.2 Å². The minimum atomic E-state index is 0.0744. The van der Waals surface area contributed by atoms with Crippen LogP contribution in [0.5, 0.6) is 0 Å². The van der Waals surface area contributed by atoms with Gasteiger partial charge in [-0.2, -0.15) is 0 Å². The van der Waals surface area contributed by atoms with Gasteiger partial charge in [-0.3, -0.25) is 4.79 Å². The molecule has 1 N–H and O–H groups in total. The minimum Gasteiger partial charge on any atom is -0.378 e. The number of carbonyl (C=O) groups excluding carboxylic acids is 1. The Labute approximate surface area is 121 Å².